The Balaban J connectivity index is 3.72. The maximum absolute atomic E-state index is 12.4. The summed E-state index contributed by atoms with van der Waals surface area (Å²) in [6.07, 6.45) is 19.7. The molecule has 0 aliphatic rings. The highest BCUT2D eigenvalue weighted by molar-refractivity contribution is 5.84. The number of hydrogen-bond acceptors (Lipinski definition) is 5. The molecule has 36 heavy (non-hydrogen) atoms. The molecule has 0 fully saturated rings. The minimum absolute atomic E-state index is 0.0609. The van der Waals surface area contributed by atoms with Crippen molar-refractivity contribution in [2.45, 2.75) is 162 Å². The summed E-state index contributed by atoms with van der Waals surface area (Å²) < 4.78 is 10.1. The molecule has 0 aromatic rings. The van der Waals surface area contributed by atoms with Gasteiger partial charge in [-0.3, -0.25) is 9.59 Å². The second kappa shape index (κ2) is 20.5. The minimum atomic E-state index is -0.801. The number of amides is 1. The van der Waals surface area contributed by atoms with Gasteiger partial charge in [-0.1, -0.05) is 104 Å². The van der Waals surface area contributed by atoms with Crippen LogP contribution >= 0.6 is 0 Å². The molecule has 0 aromatic carbocycles. The lowest BCUT2D eigenvalue weighted by atomic mass is 9.89. The van der Waals surface area contributed by atoms with Gasteiger partial charge in [0.1, 0.15) is 11.6 Å². The van der Waals surface area contributed by atoms with Gasteiger partial charge in [-0.2, -0.15) is 0 Å². The standard InChI is InChI=1S/C30H57NO5/c1-29(2,3)23-20-18-16-14-12-10-8-7-9-11-13-15-17-19-21-27(33)31-26(22-24-35-25-32)28(34)36-30(4,5)6/h25-26H,7-24H2,1-6H3,(H,31,33). The lowest BCUT2D eigenvalue weighted by Crippen LogP contribution is -2.44. The minimum Gasteiger partial charge on any atom is -0.468 e. The maximum atomic E-state index is 12.4. The van der Waals surface area contributed by atoms with E-state index in [9.17, 15) is 14.4 Å². The summed E-state index contributed by atoms with van der Waals surface area (Å²) in [6, 6.07) is -0.801. The van der Waals surface area contributed by atoms with Gasteiger partial charge in [0.15, 0.2) is 0 Å². The maximum Gasteiger partial charge on any atom is 0.329 e. The zero-order valence-electron chi connectivity index (χ0n) is 24.4. The molecule has 1 amide bonds. The number of rotatable bonds is 22. The molecule has 6 nitrogen and oxygen atoms in total. The predicted molar refractivity (Wildman–Crippen MR) is 148 cm³/mol. The topological polar surface area (TPSA) is 81.7 Å². The zero-order chi connectivity index (χ0) is 27.3. The van der Waals surface area contributed by atoms with Crippen molar-refractivity contribution >= 4 is 18.3 Å². The summed E-state index contributed by atoms with van der Waals surface area (Å²) >= 11 is 0. The summed E-state index contributed by atoms with van der Waals surface area (Å²) in [7, 11) is 0. The van der Waals surface area contributed by atoms with Gasteiger partial charge in [-0.15, -0.1) is 0 Å². The van der Waals surface area contributed by atoms with E-state index in [1.54, 1.807) is 20.8 Å². The lowest BCUT2D eigenvalue weighted by Gasteiger charge is -2.24. The Bertz CT molecular complexity index is 577. The van der Waals surface area contributed by atoms with Crippen LogP contribution in [-0.2, 0) is 23.9 Å². The smallest absolute Gasteiger partial charge is 0.329 e. The quantitative estimate of drug-likeness (QED) is 0.0916. The summed E-state index contributed by atoms with van der Waals surface area (Å²) in [5, 5.41) is 2.74. The molecule has 6 heteroatoms. The van der Waals surface area contributed by atoms with Crippen LogP contribution in [0.4, 0.5) is 0 Å². The first-order valence-corrected chi connectivity index (χ1v) is 14.5. The zero-order valence-corrected chi connectivity index (χ0v) is 24.4. The van der Waals surface area contributed by atoms with Crippen LogP contribution in [0, 0.1) is 5.41 Å². The first kappa shape index (κ1) is 34.4. The van der Waals surface area contributed by atoms with Crippen molar-refractivity contribution in [3.63, 3.8) is 0 Å². The summed E-state index contributed by atoms with van der Waals surface area (Å²) in [6.45, 7) is 12.7. The average molecular weight is 512 g/mol. The van der Waals surface area contributed by atoms with Gasteiger partial charge in [0, 0.05) is 12.8 Å². The van der Waals surface area contributed by atoms with Gasteiger partial charge < -0.3 is 14.8 Å². The molecule has 1 atom stereocenters. The Kier molecular flexibility index (Phi) is 19.6. The molecule has 0 spiro atoms. The molecule has 0 heterocycles. The highest BCUT2D eigenvalue weighted by Crippen LogP contribution is 2.22. The first-order valence-electron chi connectivity index (χ1n) is 14.5. The molecule has 0 aliphatic carbocycles. The van der Waals surface area contributed by atoms with Crippen molar-refractivity contribution in [2.24, 2.45) is 5.41 Å². The van der Waals surface area contributed by atoms with E-state index in [4.69, 9.17) is 4.74 Å². The molecule has 1 N–H and O–H groups in total. The monoisotopic (exact) mass is 511 g/mol. The molecule has 0 bridgehead atoms. The van der Waals surface area contributed by atoms with Gasteiger partial charge >= 0.3 is 5.97 Å². The van der Waals surface area contributed by atoms with E-state index in [2.05, 4.69) is 30.8 Å². The third-order valence-electron chi connectivity index (χ3n) is 6.20. The molecule has 212 valence electrons. The van der Waals surface area contributed by atoms with E-state index in [-0.39, 0.29) is 18.9 Å². The second-order valence-electron chi connectivity index (χ2n) is 12.4. The average Bonchev–Trinajstić information content (AvgIpc) is 2.76. The lowest BCUT2D eigenvalue weighted by molar-refractivity contribution is -0.159. The van der Waals surface area contributed by atoms with Gasteiger partial charge in [-0.25, -0.2) is 4.79 Å². The molecule has 0 aromatic heterocycles. The van der Waals surface area contributed by atoms with Crippen LogP contribution in [0.3, 0.4) is 0 Å². The van der Waals surface area contributed by atoms with Gasteiger partial charge in [0.25, 0.3) is 6.47 Å². The van der Waals surface area contributed by atoms with Crippen LogP contribution in [0.15, 0.2) is 0 Å². The highest BCUT2D eigenvalue weighted by atomic mass is 16.6. The van der Waals surface area contributed by atoms with Gasteiger partial charge in [0.2, 0.25) is 5.91 Å². The van der Waals surface area contributed by atoms with E-state index >= 15 is 0 Å². The van der Waals surface area contributed by atoms with Gasteiger partial charge in [-0.05, 0) is 39.0 Å². The molecule has 1 unspecified atom stereocenters. The van der Waals surface area contributed by atoms with Crippen LogP contribution in [-0.4, -0.2) is 36.6 Å². The van der Waals surface area contributed by atoms with E-state index in [0.29, 0.717) is 18.3 Å². The summed E-state index contributed by atoms with van der Waals surface area (Å²) in [5.41, 5.74) is -0.159. The molecular weight excluding hydrogens is 454 g/mol. The fraction of sp³-hybridized carbons (Fsp3) is 0.900. The van der Waals surface area contributed by atoms with Crippen LogP contribution in [0.2, 0.25) is 0 Å². The molecule has 0 radical (unpaired) electrons. The Hall–Kier alpha value is -1.59. The van der Waals surface area contributed by atoms with E-state index in [1.807, 2.05) is 0 Å². The number of carbonyl (C=O) groups is 3. The van der Waals surface area contributed by atoms with Crippen molar-refractivity contribution < 1.29 is 23.9 Å². The second-order valence-corrected chi connectivity index (χ2v) is 12.4. The summed E-state index contributed by atoms with van der Waals surface area (Å²) in [5.74, 6) is -0.660. The number of carbonyl (C=O) groups excluding carboxylic acids is 3. The van der Waals surface area contributed by atoms with Crippen LogP contribution in [0.1, 0.15) is 151 Å². The Morgan fingerprint density at radius 1 is 0.722 bits per heavy atom. The van der Waals surface area contributed by atoms with Crippen LogP contribution < -0.4 is 5.32 Å². The Labute approximate surface area is 222 Å². The molecule has 0 aliphatic heterocycles. The first-order chi connectivity index (χ1) is 16.9. The Morgan fingerprint density at radius 3 is 1.58 bits per heavy atom. The van der Waals surface area contributed by atoms with Crippen molar-refractivity contribution in [1.82, 2.24) is 5.32 Å². The van der Waals surface area contributed by atoms with E-state index in [1.165, 1.54) is 77.0 Å². The highest BCUT2D eigenvalue weighted by Gasteiger charge is 2.26. The SMILES string of the molecule is CC(C)(C)CCCCCCCCCCCCCCCCC(=O)NC(CCOC=O)C(=O)OC(C)(C)C. The number of hydrogen-bond donors (Lipinski definition) is 1. The van der Waals surface area contributed by atoms with Crippen molar-refractivity contribution in [2.75, 3.05) is 6.61 Å². The fourth-order valence-corrected chi connectivity index (χ4v) is 4.18. The molecule has 0 saturated heterocycles. The largest absolute Gasteiger partial charge is 0.468 e. The molecular formula is C30H57NO5. The third kappa shape index (κ3) is 24.1. The number of nitrogens with one attached hydrogen (secondary N) is 1. The normalized spacial score (nSPS) is 12.7. The predicted octanol–water partition coefficient (Wildman–Crippen LogP) is 7.66. The Morgan fingerprint density at radius 2 is 1.17 bits per heavy atom. The third-order valence-corrected chi connectivity index (χ3v) is 6.20. The molecule has 0 rings (SSSR count). The van der Waals surface area contributed by atoms with Crippen molar-refractivity contribution in [3.8, 4) is 0 Å². The van der Waals surface area contributed by atoms with Gasteiger partial charge in [0.05, 0.1) is 6.61 Å². The number of unbranched alkanes of at least 4 members (excludes halogenated alkanes) is 13. The van der Waals surface area contributed by atoms with E-state index < -0.39 is 17.6 Å². The van der Waals surface area contributed by atoms with Crippen LogP contribution in [0.25, 0.3) is 0 Å². The van der Waals surface area contributed by atoms with Crippen molar-refractivity contribution in [3.05, 3.63) is 0 Å². The molecule has 0 saturated carbocycles. The van der Waals surface area contributed by atoms with Crippen LogP contribution in [0.5, 0.6) is 0 Å². The fourth-order valence-electron chi connectivity index (χ4n) is 4.18. The number of esters is 1. The number of ether oxygens (including phenoxy) is 2. The van der Waals surface area contributed by atoms with E-state index in [0.717, 1.165) is 19.3 Å². The summed E-state index contributed by atoms with van der Waals surface area (Å²) in [4.78, 5) is 35.0. The van der Waals surface area contributed by atoms with Crippen molar-refractivity contribution in [1.29, 1.82) is 0 Å².